The zero-order chi connectivity index (χ0) is 13.4. The average Bonchev–Trinajstić information content (AvgIpc) is 2.87. The Bertz CT molecular complexity index is 757. The number of hydrogen-bond donors (Lipinski definition) is 2. The second kappa shape index (κ2) is 4.20. The Hall–Kier alpha value is -2.70. The number of nitrogens with one attached hydrogen (secondary N) is 1. The Morgan fingerprint density at radius 1 is 1.00 bits per heavy atom. The SMILES string of the molecule is Nc1ccc(Nc2cc(F)ccc2F)c2nonc12. The van der Waals surface area contributed by atoms with E-state index < -0.39 is 11.6 Å². The van der Waals surface area contributed by atoms with Crippen LogP contribution in [-0.4, -0.2) is 10.3 Å². The number of anilines is 3. The van der Waals surface area contributed by atoms with E-state index in [1.54, 1.807) is 12.1 Å². The van der Waals surface area contributed by atoms with Gasteiger partial charge in [0.25, 0.3) is 0 Å². The van der Waals surface area contributed by atoms with Gasteiger partial charge in [-0.2, -0.15) is 0 Å². The second-order valence-corrected chi connectivity index (χ2v) is 3.91. The van der Waals surface area contributed by atoms with Crippen molar-refractivity contribution < 1.29 is 13.4 Å². The monoisotopic (exact) mass is 262 g/mol. The summed E-state index contributed by atoms with van der Waals surface area (Å²) in [6.45, 7) is 0. The number of nitrogen functional groups attached to an aromatic ring is 1. The predicted molar refractivity (Wildman–Crippen MR) is 65.9 cm³/mol. The summed E-state index contributed by atoms with van der Waals surface area (Å²) in [5.41, 5.74) is 7.22. The van der Waals surface area contributed by atoms with Gasteiger partial charge in [-0.05, 0) is 34.6 Å². The van der Waals surface area contributed by atoms with Crippen LogP contribution in [0.2, 0.25) is 0 Å². The summed E-state index contributed by atoms with van der Waals surface area (Å²) in [5.74, 6) is -1.13. The van der Waals surface area contributed by atoms with Gasteiger partial charge in [0.05, 0.1) is 17.1 Å². The van der Waals surface area contributed by atoms with Gasteiger partial charge in [0.15, 0.2) is 11.0 Å². The van der Waals surface area contributed by atoms with Crippen molar-refractivity contribution in [1.29, 1.82) is 0 Å². The van der Waals surface area contributed by atoms with Crippen molar-refractivity contribution >= 4 is 28.1 Å². The summed E-state index contributed by atoms with van der Waals surface area (Å²) in [6.07, 6.45) is 0. The van der Waals surface area contributed by atoms with Crippen LogP contribution in [0, 0.1) is 11.6 Å². The molecule has 19 heavy (non-hydrogen) atoms. The molecule has 5 nitrogen and oxygen atoms in total. The minimum atomic E-state index is -0.581. The molecule has 0 unspecified atom stereocenters. The van der Waals surface area contributed by atoms with E-state index in [1.807, 2.05) is 0 Å². The topological polar surface area (TPSA) is 77.0 Å². The van der Waals surface area contributed by atoms with Gasteiger partial charge in [-0.1, -0.05) is 0 Å². The number of aromatic nitrogens is 2. The molecule has 2 aromatic carbocycles. The number of fused-ring (bicyclic) bond motifs is 1. The normalized spacial score (nSPS) is 10.8. The van der Waals surface area contributed by atoms with Gasteiger partial charge in [0, 0.05) is 6.07 Å². The highest BCUT2D eigenvalue weighted by atomic mass is 19.1. The molecule has 3 rings (SSSR count). The van der Waals surface area contributed by atoms with Gasteiger partial charge < -0.3 is 11.1 Å². The maximum Gasteiger partial charge on any atom is 0.160 e. The van der Waals surface area contributed by atoms with Gasteiger partial charge in [-0.25, -0.2) is 13.4 Å². The van der Waals surface area contributed by atoms with E-state index in [0.29, 0.717) is 22.4 Å². The lowest BCUT2D eigenvalue weighted by molar-refractivity contribution is 0.316. The summed E-state index contributed by atoms with van der Waals surface area (Å²) >= 11 is 0. The van der Waals surface area contributed by atoms with Gasteiger partial charge in [0.2, 0.25) is 0 Å². The fourth-order valence-corrected chi connectivity index (χ4v) is 1.72. The highest BCUT2D eigenvalue weighted by molar-refractivity contribution is 5.96. The number of nitrogens with two attached hydrogens (primary N) is 1. The van der Waals surface area contributed by atoms with E-state index in [2.05, 4.69) is 20.3 Å². The highest BCUT2D eigenvalue weighted by Crippen LogP contribution is 2.29. The lowest BCUT2D eigenvalue weighted by Crippen LogP contribution is -1.97. The Labute approximate surface area is 106 Å². The third kappa shape index (κ3) is 1.95. The lowest BCUT2D eigenvalue weighted by Gasteiger charge is -2.08. The van der Waals surface area contributed by atoms with Crippen molar-refractivity contribution in [3.8, 4) is 0 Å². The van der Waals surface area contributed by atoms with Gasteiger partial charge in [0.1, 0.15) is 11.6 Å². The number of benzene rings is 2. The zero-order valence-electron chi connectivity index (χ0n) is 9.52. The van der Waals surface area contributed by atoms with Crippen molar-refractivity contribution in [1.82, 2.24) is 10.3 Å². The maximum atomic E-state index is 13.5. The molecular weight excluding hydrogens is 254 g/mol. The number of halogens is 2. The van der Waals surface area contributed by atoms with Gasteiger partial charge >= 0.3 is 0 Å². The Kier molecular flexibility index (Phi) is 2.52. The van der Waals surface area contributed by atoms with Crippen LogP contribution in [0.5, 0.6) is 0 Å². The van der Waals surface area contributed by atoms with Crippen molar-refractivity contribution in [3.05, 3.63) is 42.0 Å². The van der Waals surface area contributed by atoms with E-state index in [9.17, 15) is 8.78 Å². The summed E-state index contributed by atoms with van der Waals surface area (Å²) in [7, 11) is 0. The third-order valence-electron chi connectivity index (χ3n) is 2.64. The lowest BCUT2D eigenvalue weighted by atomic mass is 10.2. The average molecular weight is 262 g/mol. The third-order valence-corrected chi connectivity index (χ3v) is 2.64. The number of rotatable bonds is 2. The molecule has 1 aromatic heterocycles. The van der Waals surface area contributed by atoms with E-state index in [4.69, 9.17) is 5.73 Å². The van der Waals surface area contributed by atoms with E-state index >= 15 is 0 Å². The molecule has 3 aromatic rings. The van der Waals surface area contributed by atoms with Crippen LogP contribution in [0.1, 0.15) is 0 Å². The molecule has 0 saturated carbocycles. The van der Waals surface area contributed by atoms with E-state index in [1.165, 1.54) is 0 Å². The first-order valence-corrected chi connectivity index (χ1v) is 5.38. The van der Waals surface area contributed by atoms with Crippen LogP contribution >= 0.6 is 0 Å². The van der Waals surface area contributed by atoms with Crippen LogP contribution in [-0.2, 0) is 0 Å². The largest absolute Gasteiger partial charge is 0.397 e. The van der Waals surface area contributed by atoms with Crippen molar-refractivity contribution in [3.63, 3.8) is 0 Å². The van der Waals surface area contributed by atoms with Crippen molar-refractivity contribution in [2.75, 3.05) is 11.1 Å². The number of hydrogen-bond acceptors (Lipinski definition) is 5. The Morgan fingerprint density at radius 3 is 2.63 bits per heavy atom. The molecule has 96 valence electrons. The first-order valence-electron chi connectivity index (χ1n) is 5.38. The molecule has 0 radical (unpaired) electrons. The van der Waals surface area contributed by atoms with Gasteiger partial charge in [-0.3, -0.25) is 0 Å². The summed E-state index contributed by atoms with van der Waals surface area (Å²) < 4.78 is 31.2. The Balaban J connectivity index is 2.08. The zero-order valence-corrected chi connectivity index (χ0v) is 9.52. The van der Waals surface area contributed by atoms with Crippen LogP contribution in [0.25, 0.3) is 11.0 Å². The fourth-order valence-electron chi connectivity index (χ4n) is 1.72. The molecule has 0 saturated heterocycles. The van der Waals surface area contributed by atoms with E-state index in [-0.39, 0.29) is 5.69 Å². The van der Waals surface area contributed by atoms with Gasteiger partial charge in [-0.15, -0.1) is 0 Å². The molecule has 0 amide bonds. The van der Waals surface area contributed by atoms with Crippen LogP contribution in [0.15, 0.2) is 35.0 Å². The predicted octanol–water partition coefficient (Wildman–Crippen LogP) is 2.83. The quantitative estimate of drug-likeness (QED) is 0.694. The summed E-state index contributed by atoms with van der Waals surface area (Å²) in [6, 6.07) is 6.28. The highest BCUT2D eigenvalue weighted by Gasteiger charge is 2.12. The smallest absolute Gasteiger partial charge is 0.160 e. The number of nitrogens with zero attached hydrogens (tertiary/aromatic N) is 2. The molecule has 0 atom stereocenters. The Morgan fingerprint density at radius 2 is 1.79 bits per heavy atom. The minimum Gasteiger partial charge on any atom is -0.397 e. The van der Waals surface area contributed by atoms with Crippen LogP contribution in [0.4, 0.5) is 25.8 Å². The molecule has 1 heterocycles. The molecule has 3 N–H and O–H groups in total. The molecule has 0 fully saturated rings. The molecule has 0 aliphatic rings. The fraction of sp³-hybridized carbons (Fsp3) is 0. The van der Waals surface area contributed by atoms with Crippen molar-refractivity contribution in [2.24, 2.45) is 0 Å². The molecule has 0 spiro atoms. The van der Waals surface area contributed by atoms with Crippen LogP contribution in [0.3, 0.4) is 0 Å². The molecule has 0 aliphatic heterocycles. The second-order valence-electron chi connectivity index (χ2n) is 3.91. The molecular formula is C12H8F2N4O. The molecule has 0 aliphatic carbocycles. The molecule has 0 bridgehead atoms. The minimum absolute atomic E-state index is 0.00549. The standard InChI is InChI=1S/C12H8F2N4O/c13-6-1-2-7(14)10(5-6)16-9-4-3-8(15)11-12(9)18-19-17-11/h1-5,16H,15H2. The molecule has 7 heteroatoms. The maximum absolute atomic E-state index is 13.5. The first kappa shape index (κ1) is 11.4. The summed E-state index contributed by atoms with van der Waals surface area (Å²) in [5, 5.41) is 10.1. The van der Waals surface area contributed by atoms with Crippen LogP contribution < -0.4 is 11.1 Å². The van der Waals surface area contributed by atoms with E-state index in [0.717, 1.165) is 18.2 Å². The summed E-state index contributed by atoms with van der Waals surface area (Å²) in [4.78, 5) is 0. The van der Waals surface area contributed by atoms with Crippen molar-refractivity contribution in [2.45, 2.75) is 0 Å². The first-order chi connectivity index (χ1) is 9.15.